The molecule has 0 aliphatic carbocycles. The molecule has 0 spiro atoms. The molecule has 2 unspecified atom stereocenters. The Morgan fingerprint density at radius 1 is 1.20 bits per heavy atom. The van der Waals surface area contributed by atoms with Crippen LogP contribution in [0.4, 0.5) is 0 Å². The molecule has 2 nitrogen and oxygen atoms in total. The van der Waals surface area contributed by atoms with Gasteiger partial charge in [-0.15, -0.1) is 0 Å². The van der Waals surface area contributed by atoms with E-state index in [4.69, 9.17) is 0 Å². The lowest BCUT2D eigenvalue weighted by Crippen LogP contribution is -2.44. The zero-order valence-corrected chi connectivity index (χ0v) is 15.3. The van der Waals surface area contributed by atoms with Crippen molar-refractivity contribution in [3.05, 3.63) is 34.3 Å². The molecule has 1 aromatic carbocycles. The molecule has 1 aromatic rings. The van der Waals surface area contributed by atoms with Gasteiger partial charge in [-0.2, -0.15) is 0 Å². The number of halogens is 1. The Balaban J connectivity index is 2.54. The summed E-state index contributed by atoms with van der Waals surface area (Å²) in [5.74, 6) is 0.613. The van der Waals surface area contributed by atoms with Crippen molar-refractivity contribution in [2.45, 2.75) is 52.7 Å². The predicted molar refractivity (Wildman–Crippen MR) is 92.0 cm³/mol. The first-order chi connectivity index (χ1) is 9.20. The summed E-state index contributed by atoms with van der Waals surface area (Å²) in [6, 6.07) is 9.00. The van der Waals surface area contributed by atoms with Crippen molar-refractivity contribution in [2.24, 2.45) is 5.92 Å². The van der Waals surface area contributed by atoms with E-state index in [1.807, 2.05) is 0 Å². The third-order valence-electron chi connectivity index (χ3n) is 3.85. The van der Waals surface area contributed by atoms with E-state index in [2.05, 4.69) is 92.1 Å². The summed E-state index contributed by atoms with van der Waals surface area (Å²) in [6.45, 7) is 13.3. The van der Waals surface area contributed by atoms with E-state index in [0.717, 1.165) is 13.1 Å². The van der Waals surface area contributed by atoms with E-state index in [1.54, 1.807) is 0 Å². The van der Waals surface area contributed by atoms with E-state index in [0.29, 0.717) is 12.0 Å². The van der Waals surface area contributed by atoms with Gasteiger partial charge in [-0.3, -0.25) is 4.90 Å². The number of hydrogen-bond acceptors (Lipinski definition) is 2. The minimum atomic E-state index is 0.189. The zero-order chi connectivity index (χ0) is 15.3. The lowest BCUT2D eigenvalue weighted by molar-refractivity contribution is 0.182. The summed E-state index contributed by atoms with van der Waals surface area (Å²) in [7, 11) is 2.21. The quantitative estimate of drug-likeness (QED) is 0.830. The zero-order valence-electron chi connectivity index (χ0n) is 13.7. The Morgan fingerprint density at radius 2 is 1.80 bits per heavy atom. The second kappa shape index (κ2) is 7.58. The van der Waals surface area contributed by atoms with Gasteiger partial charge >= 0.3 is 0 Å². The highest BCUT2D eigenvalue weighted by Gasteiger charge is 2.19. The van der Waals surface area contributed by atoms with Crippen molar-refractivity contribution in [1.82, 2.24) is 10.2 Å². The average molecular weight is 341 g/mol. The van der Waals surface area contributed by atoms with Crippen molar-refractivity contribution < 1.29 is 0 Å². The van der Waals surface area contributed by atoms with E-state index < -0.39 is 0 Å². The van der Waals surface area contributed by atoms with Gasteiger partial charge in [0.25, 0.3) is 0 Å². The molecule has 1 rings (SSSR count). The van der Waals surface area contributed by atoms with E-state index >= 15 is 0 Å². The molecule has 20 heavy (non-hydrogen) atoms. The first-order valence-corrected chi connectivity index (χ1v) is 8.18. The van der Waals surface area contributed by atoms with Crippen molar-refractivity contribution >= 4 is 15.9 Å². The fraction of sp³-hybridized carbons (Fsp3) is 0.647. The molecule has 0 aliphatic rings. The van der Waals surface area contributed by atoms with Gasteiger partial charge in [-0.25, -0.2) is 0 Å². The molecule has 3 heteroatoms. The van der Waals surface area contributed by atoms with E-state index in [9.17, 15) is 0 Å². The number of rotatable bonds is 6. The molecule has 0 fully saturated rings. The Bertz CT molecular complexity index is 412. The standard InChI is InChI=1S/C17H29BrN2/c1-13(11-19-17(3,4)5)14(2)20(6)12-15-9-7-8-10-16(15)18/h7-10,13-14,19H,11-12H2,1-6H3. The molecular formula is C17H29BrN2. The minimum absolute atomic E-state index is 0.189. The molecule has 0 aromatic heterocycles. The van der Waals surface area contributed by atoms with E-state index in [-0.39, 0.29) is 5.54 Å². The number of benzene rings is 1. The van der Waals surface area contributed by atoms with Gasteiger partial charge in [0.15, 0.2) is 0 Å². The highest BCUT2D eigenvalue weighted by molar-refractivity contribution is 9.10. The molecule has 0 saturated heterocycles. The molecule has 1 N–H and O–H groups in total. The molecule has 114 valence electrons. The van der Waals surface area contributed by atoms with Gasteiger partial charge in [-0.05, 0) is 58.8 Å². The first-order valence-electron chi connectivity index (χ1n) is 7.39. The minimum Gasteiger partial charge on any atom is -0.312 e. The Labute approximate surface area is 133 Å². The summed E-state index contributed by atoms with van der Waals surface area (Å²) in [5.41, 5.74) is 1.53. The molecule has 0 amide bonds. The maximum atomic E-state index is 3.63. The number of nitrogens with zero attached hydrogens (tertiary/aromatic N) is 1. The van der Waals surface area contributed by atoms with Gasteiger partial charge < -0.3 is 5.32 Å². The number of nitrogens with one attached hydrogen (secondary N) is 1. The van der Waals surface area contributed by atoms with Crippen LogP contribution in [-0.2, 0) is 6.54 Å². The summed E-state index contributed by atoms with van der Waals surface area (Å²) < 4.78 is 1.19. The van der Waals surface area contributed by atoms with Gasteiger partial charge in [0.05, 0.1) is 0 Å². The number of hydrogen-bond donors (Lipinski definition) is 1. The van der Waals surface area contributed by atoms with Crippen LogP contribution in [0.2, 0.25) is 0 Å². The lowest BCUT2D eigenvalue weighted by atomic mass is 9.99. The van der Waals surface area contributed by atoms with Crippen LogP contribution in [0.5, 0.6) is 0 Å². The monoisotopic (exact) mass is 340 g/mol. The third kappa shape index (κ3) is 5.94. The molecule has 0 radical (unpaired) electrons. The Hall–Kier alpha value is -0.380. The van der Waals surface area contributed by atoms with Crippen molar-refractivity contribution in [1.29, 1.82) is 0 Å². The maximum absolute atomic E-state index is 3.63. The molecular weight excluding hydrogens is 312 g/mol. The van der Waals surface area contributed by atoms with Crippen molar-refractivity contribution in [2.75, 3.05) is 13.6 Å². The van der Waals surface area contributed by atoms with Crippen molar-refractivity contribution in [3.63, 3.8) is 0 Å². The molecule has 2 atom stereocenters. The van der Waals surface area contributed by atoms with Gasteiger partial charge in [-0.1, -0.05) is 41.1 Å². The van der Waals surface area contributed by atoms with Crippen LogP contribution in [0.1, 0.15) is 40.2 Å². The normalized spacial score (nSPS) is 15.4. The van der Waals surface area contributed by atoms with Crippen LogP contribution in [-0.4, -0.2) is 30.1 Å². The average Bonchev–Trinajstić information content (AvgIpc) is 2.36. The fourth-order valence-electron chi connectivity index (χ4n) is 2.11. The van der Waals surface area contributed by atoms with Crippen LogP contribution < -0.4 is 5.32 Å². The van der Waals surface area contributed by atoms with Crippen LogP contribution in [0, 0.1) is 5.92 Å². The Kier molecular flexibility index (Phi) is 6.70. The summed E-state index contributed by atoms with van der Waals surface area (Å²) in [5, 5.41) is 3.60. The predicted octanol–water partition coefficient (Wildman–Crippen LogP) is 4.29. The summed E-state index contributed by atoms with van der Waals surface area (Å²) in [4.78, 5) is 2.43. The second-order valence-corrected chi connectivity index (χ2v) is 7.71. The van der Waals surface area contributed by atoms with Crippen LogP contribution in [0.3, 0.4) is 0 Å². The van der Waals surface area contributed by atoms with Crippen LogP contribution >= 0.6 is 15.9 Å². The van der Waals surface area contributed by atoms with Crippen LogP contribution in [0.15, 0.2) is 28.7 Å². The lowest BCUT2D eigenvalue weighted by Gasteiger charge is -2.32. The smallest absolute Gasteiger partial charge is 0.0244 e. The topological polar surface area (TPSA) is 15.3 Å². The molecule has 0 heterocycles. The summed E-state index contributed by atoms with van der Waals surface area (Å²) >= 11 is 3.63. The maximum Gasteiger partial charge on any atom is 0.0244 e. The SMILES string of the molecule is CC(CNC(C)(C)C)C(C)N(C)Cc1ccccc1Br. The molecule has 0 aliphatic heterocycles. The third-order valence-corrected chi connectivity index (χ3v) is 4.62. The van der Waals surface area contributed by atoms with Gasteiger partial charge in [0.1, 0.15) is 0 Å². The van der Waals surface area contributed by atoms with E-state index in [1.165, 1.54) is 10.0 Å². The highest BCUT2D eigenvalue weighted by atomic mass is 79.9. The first kappa shape index (κ1) is 17.7. The van der Waals surface area contributed by atoms with Crippen LogP contribution in [0.25, 0.3) is 0 Å². The van der Waals surface area contributed by atoms with Crippen molar-refractivity contribution in [3.8, 4) is 0 Å². The Morgan fingerprint density at radius 3 is 2.35 bits per heavy atom. The fourth-order valence-corrected chi connectivity index (χ4v) is 2.52. The molecule has 0 bridgehead atoms. The summed E-state index contributed by atoms with van der Waals surface area (Å²) in [6.07, 6.45) is 0. The molecule has 0 saturated carbocycles. The van der Waals surface area contributed by atoms with Gasteiger partial charge in [0.2, 0.25) is 0 Å². The highest BCUT2D eigenvalue weighted by Crippen LogP contribution is 2.20. The van der Waals surface area contributed by atoms with Gasteiger partial charge in [0, 0.05) is 22.6 Å². The second-order valence-electron chi connectivity index (χ2n) is 6.86. The largest absolute Gasteiger partial charge is 0.312 e.